The van der Waals surface area contributed by atoms with Gasteiger partial charge in [-0.2, -0.15) is 0 Å². The molecular formula is H3InOWZr. The molecule has 0 unspecified atom stereocenters. The molecule has 0 N–H and O–H groups in total. The molecule has 0 radical (unpaired) electrons. The average molecular weight is 409 g/mol. The molecule has 0 aromatic rings. The van der Waals surface area contributed by atoms with E-state index in [4.69, 9.17) is 3.40 Å². The molecule has 0 amide bonds. The minimum Gasteiger partial charge on any atom is 0 e. The van der Waals surface area contributed by atoms with Crippen LogP contribution in [-0.4, -0.2) is 25.8 Å². The van der Waals surface area contributed by atoms with Crippen LogP contribution in [0.5, 0.6) is 0 Å². The maximum Gasteiger partial charge on any atom is 0 e. The van der Waals surface area contributed by atoms with Gasteiger partial charge in [0.25, 0.3) is 0 Å². The molecule has 0 aliphatic carbocycles. The van der Waals surface area contributed by atoms with Crippen molar-refractivity contribution < 1.29 is 49.4 Å². The van der Waals surface area contributed by atoms with E-state index in [1.807, 2.05) is 0 Å². The van der Waals surface area contributed by atoms with Gasteiger partial charge in [-0.15, -0.1) is 0 Å². The van der Waals surface area contributed by atoms with E-state index in [9.17, 15) is 0 Å². The Morgan fingerprint density at radius 2 is 1.25 bits per heavy atom. The van der Waals surface area contributed by atoms with Crippen LogP contribution in [0, 0.1) is 0 Å². The van der Waals surface area contributed by atoms with E-state index in [-0.39, 0.29) is 52.0 Å². The predicted molar refractivity (Wildman–Crippen MR) is 10.6 cm³/mol. The van der Waals surface area contributed by atoms with Crippen LogP contribution in [0.4, 0.5) is 0 Å². The van der Waals surface area contributed by atoms with Gasteiger partial charge >= 0.3 is 49.0 Å². The Bertz CT molecular complexity index is 8.00. The first-order valence-corrected chi connectivity index (χ1v) is 1.36. The van der Waals surface area contributed by atoms with Crippen molar-refractivity contribution in [2.75, 3.05) is 0 Å². The molecule has 0 heterocycles. The van der Waals surface area contributed by atoms with Gasteiger partial charge in [-0.1, -0.05) is 0 Å². The van der Waals surface area contributed by atoms with E-state index >= 15 is 0 Å². The van der Waals surface area contributed by atoms with Crippen LogP contribution in [0.15, 0.2) is 0 Å². The minimum absolute atomic E-state index is 0. The number of hydrogen-bond donors (Lipinski definition) is 0. The Labute approximate surface area is 74.0 Å². The summed E-state index contributed by atoms with van der Waals surface area (Å²) in [5.74, 6) is 0. The minimum atomic E-state index is 0. The van der Waals surface area contributed by atoms with E-state index in [2.05, 4.69) is 0 Å². The van der Waals surface area contributed by atoms with E-state index in [0.29, 0.717) is 19.8 Å². The van der Waals surface area contributed by atoms with Crippen LogP contribution < -0.4 is 0 Å². The third kappa shape index (κ3) is 8.87. The monoisotopic (exact) mass is 408 g/mol. The van der Waals surface area contributed by atoms with Crippen molar-refractivity contribution in [3.05, 3.63) is 0 Å². The van der Waals surface area contributed by atoms with E-state index in [1.54, 1.807) is 0 Å². The van der Waals surface area contributed by atoms with Crippen LogP contribution >= 0.6 is 0 Å². The molecule has 4 heteroatoms. The summed E-state index contributed by atoms with van der Waals surface area (Å²) in [5.41, 5.74) is 0. The molecule has 0 aliphatic rings. The fourth-order valence-corrected chi connectivity index (χ4v) is 0. The van der Waals surface area contributed by atoms with Crippen LogP contribution in [-0.2, 0) is 49.4 Å². The van der Waals surface area contributed by atoms with Crippen LogP contribution in [0.2, 0.25) is 0 Å². The first kappa shape index (κ1) is 16.3. The van der Waals surface area contributed by atoms with Gasteiger partial charge in [0.1, 0.15) is 0 Å². The van der Waals surface area contributed by atoms with Gasteiger partial charge < -0.3 is 0 Å². The summed E-state index contributed by atoms with van der Waals surface area (Å²) in [6, 6.07) is 0. The Morgan fingerprint density at radius 1 is 1.25 bits per heavy atom. The summed E-state index contributed by atoms with van der Waals surface area (Å²) in [4.78, 5) is 0. The normalized spacial score (nSPS) is 1.00. The van der Waals surface area contributed by atoms with Crippen molar-refractivity contribution in [1.82, 2.24) is 0 Å². The average Bonchev–Trinajstić information content (AvgIpc) is 1.00. The molecule has 0 aliphatic heterocycles. The molecule has 0 aromatic carbocycles. The van der Waals surface area contributed by atoms with Gasteiger partial charge in [-0.05, 0) is 0 Å². The maximum atomic E-state index is 8.33. The van der Waals surface area contributed by atoms with Crippen LogP contribution in [0.1, 0.15) is 0 Å². The first-order valence-electron chi connectivity index (χ1n) is 0.167. The Kier molecular flexibility index (Phi) is 76.6. The summed E-state index contributed by atoms with van der Waals surface area (Å²) in [5, 5.41) is 0. The Balaban J connectivity index is -0.00000000500. The predicted octanol–water partition coefficient (Wildman–Crippen LogP) is -1.31. The topological polar surface area (TPSA) is 17.1 Å². The summed E-state index contributed by atoms with van der Waals surface area (Å²) in [6.45, 7) is 0. The molecular weight excluding hydrogens is 406 g/mol. The molecule has 0 spiro atoms. The van der Waals surface area contributed by atoms with Crippen LogP contribution in [0.3, 0.4) is 0 Å². The fraction of sp³-hybridized carbons (Fsp3) is 0. The van der Waals surface area contributed by atoms with Crippen molar-refractivity contribution in [2.45, 2.75) is 0 Å². The first-order chi connectivity index (χ1) is 1.00. The zero-order chi connectivity index (χ0) is 2.00. The molecule has 22 valence electrons. The van der Waals surface area contributed by atoms with Crippen LogP contribution in [0.25, 0.3) is 0 Å². The molecule has 0 atom stereocenters. The molecule has 0 rings (SSSR count). The second kappa shape index (κ2) is 18.8. The third-order valence-corrected chi connectivity index (χ3v) is 0. The third-order valence-electron chi connectivity index (χ3n) is 0. The standard InChI is InChI=1S/In.O.W.Zr.3H. The fourth-order valence-electron chi connectivity index (χ4n) is 0. The zero-order valence-electron chi connectivity index (χ0n) is 1.32. The smallest absolute Gasteiger partial charge is 0 e. The van der Waals surface area contributed by atoms with E-state index in [1.165, 1.54) is 0 Å². The Hall–Kier alpha value is 2.24. The van der Waals surface area contributed by atoms with E-state index < -0.39 is 0 Å². The summed E-state index contributed by atoms with van der Waals surface area (Å²) in [6.07, 6.45) is 0. The summed E-state index contributed by atoms with van der Waals surface area (Å²) in [7, 11) is 0. The summed E-state index contributed by atoms with van der Waals surface area (Å²) >= 11 is 0.333. The molecule has 0 aromatic heterocycles. The Morgan fingerprint density at radius 3 is 1.25 bits per heavy atom. The largest absolute Gasteiger partial charge is 0 e. The van der Waals surface area contributed by atoms with Crippen molar-refractivity contribution in [2.24, 2.45) is 0 Å². The summed E-state index contributed by atoms with van der Waals surface area (Å²) < 4.78 is 8.33. The van der Waals surface area contributed by atoms with Gasteiger partial charge in [0.05, 0.1) is 0 Å². The van der Waals surface area contributed by atoms with Crippen molar-refractivity contribution in [3.8, 4) is 0 Å². The maximum absolute atomic E-state index is 8.33. The van der Waals surface area contributed by atoms with E-state index in [0.717, 1.165) is 0 Å². The molecule has 1 nitrogen and oxygen atoms in total. The molecule has 0 bridgehead atoms. The van der Waals surface area contributed by atoms with Gasteiger partial charge in [0.2, 0.25) is 0 Å². The van der Waals surface area contributed by atoms with Gasteiger partial charge in [0, 0.05) is 26.2 Å². The van der Waals surface area contributed by atoms with Gasteiger partial charge in [0.15, 0.2) is 0 Å². The zero-order valence-corrected chi connectivity index (χ0v) is 6.71. The quantitative estimate of drug-likeness (QED) is 0.486. The van der Waals surface area contributed by atoms with Gasteiger partial charge in [-0.3, -0.25) is 0 Å². The van der Waals surface area contributed by atoms with Gasteiger partial charge in [-0.25, -0.2) is 0 Å². The van der Waals surface area contributed by atoms with Crippen molar-refractivity contribution in [1.29, 1.82) is 0 Å². The van der Waals surface area contributed by atoms with Crippen molar-refractivity contribution >= 4 is 25.8 Å². The number of rotatable bonds is 0. The molecule has 0 saturated heterocycles. The SMILES string of the molecule is [InH3].[O]=[W].[Zr]. The molecule has 0 fully saturated rings. The second-order valence-corrected chi connectivity index (χ2v) is 0. The van der Waals surface area contributed by atoms with Crippen molar-refractivity contribution in [3.63, 3.8) is 0 Å². The second-order valence-electron chi connectivity index (χ2n) is 0. The number of hydrogen-bond acceptors (Lipinski definition) is 1. The molecule has 0 saturated carbocycles. The molecule has 4 heavy (non-hydrogen) atoms.